The molecule has 0 bridgehead atoms. The molecule has 0 saturated carbocycles. The number of halogens is 1. The second kappa shape index (κ2) is 5.42. The lowest BCUT2D eigenvalue weighted by Crippen LogP contribution is -2.08. The molecule has 4 nitrogen and oxygen atoms in total. The monoisotopic (exact) mass is 295 g/mol. The van der Waals surface area contributed by atoms with Crippen LogP contribution in [0.1, 0.15) is 24.4 Å². The van der Waals surface area contributed by atoms with Crippen LogP contribution in [0.2, 0.25) is 0 Å². The van der Waals surface area contributed by atoms with Crippen LogP contribution in [0.4, 0.5) is 0 Å². The maximum Gasteiger partial charge on any atom is 0.111 e. The maximum atomic E-state index is 10.1. The van der Waals surface area contributed by atoms with Crippen LogP contribution in [0.25, 0.3) is 0 Å². The molecule has 0 saturated heterocycles. The Kier molecular flexibility index (Phi) is 3.91. The van der Waals surface area contributed by atoms with Crippen molar-refractivity contribution in [2.75, 3.05) is 0 Å². The van der Waals surface area contributed by atoms with Crippen LogP contribution in [0.5, 0.6) is 0 Å². The maximum absolute atomic E-state index is 10.1. The average Bonchev–Trinajstić information content (AvgIpc) is 2.76. The fourth-order valence-corrected chi connectivity index (χ4v) is 2.10. The van der Waals surface area contributed by atoms with E-state index in [0.717, 1.165) is 22.4 Å². The van der Waals surface area contributed by atoms with E-state index in [9.17, 15) is 5.11 Å². The molecule has 0 radical (unpaired) electrons. The van der Waals surface area contributed by atoms with Gasteiger partial charge in [0.15, 0.2) is 0 Å². The van der Waals surface area contributed by atoms with Gasteiger partial charge in [-0.2, -0.15) is 0 Å². The summed E-state index contributed by atoms with van der Waals surface area (Å²) < 4.78 is 2.89. The van der Waals surface area contributed by atoms with Gasteiger partial charge in [0.25, 0.3) is 0 Å². The molecule has 0 spiro atoms. The molecule has 2 aromatic heterocycles. The number of nitrogens with zero attached hydrogens (tertiary/aromatic N) is 3. The Bertz CT molecular complexity index is 498. The summed E-state index contributed by atoms with van der Waals surface area (Å²) in [6, 6.07) is 1.87. The van der Waals surface area contributed by atoms with Gasteiger partial charge in [0, 0.05) is 47.8 Å². The molecule has 0 aromatic carbocycles. The van der Waals surface area contributed by atoms with Gasteiger partial charge in [-0.3, -0.25) is 4.98 Å². The second-order valence-corrected chi connectivity index (χ2v) is 4.70. The van der Waals surface area contributed by atoms with Gasteiger partial charge in [0.2, 0.25) is 0 Å². The standard InChI is InChI=1S/C12H14BrN3O/c1-2-16-4-3-15-12(16)6-11(17)9-5-10(13)8-14-7-9/h3-5,7-8,11,17H,2,6H2,1H3. The van der Waals surface area contributed by atoms with Crippen LogP contribution < -0.4 is 0 Å². The number of rotatable bonds is 4. The van der Waals surface area contributed by atoms with Gasteiger partial charge in [0.1, 0.15) is 5.82 Å². The molecule has 1 unspecified atom stereocenters. The highest BCUT2D eigenvalue weighted by molar-refractivity contribution is 9.10. The molecule has 90 valence electrons. The van der Waals surface area contributed by atoms with E-state index in [1.165, 1.54) is 0 Å². The molecule has 2 heterocycles. The number of hydrogen-bond donors (Lipinski definition) is 1. The van der Waals surface area contributed by atoms with E-state index in [1.54, 1.807) is 18.6 Å². The third-order valence-corrected chi connectivity index (χ3v) is 3.06. The van der Waals surface area contributed by atoms with Crippen molar-refractivity contribution in [3.8, 4) is 0 Å². The molecule has 2 rings (SSSR count). The van der Waals surface area contributed by atoms with Crippen molar-refractivity contribution >= 4 is 15.9 Å². The average molecular weight is 296 g/mol. The summed E-state index contributed by atoms with van der Waals surface area (Å²) in [4.78, 5) is 8.29. The largest absolute Gasteiger partial charge is 0.388 e. The van der Waals surface area contributed by atoms with Gasteiger partial charge in [-0.25, -0.2) is 4.98 Å². The van der Waals surface area contributed by atoms with E-state index in [0.29, 0.717) is 6.42 Å². The van der Waals surface area contributed by atoms with Crippen LogP contribution in [-0.4, -0.2) is 19.6 Å². The molecule has 2 aromatic rings. The minimum absolute atomic E-state index is 0.499. The van der Waals surface area contributed by atoms with Crippen LogP contribution >= 0.6 is 15.9 Å². The number of aryl methyl sites for hydroxylation is 1. The molecule has 5 heteroatoms. The number of imidazole rings is 1. The van der Waals surface area contributed by atoms with E-state index in [-0.39, 0.29) is 0 Å². The molecule has 0 aliphatic heterocycles. The zero-order chi connectivity index (χ0) is 12.3. The zero-order valence-electron chi connectivity index (χ0n) is 9.55. The Balaban J connectivity index is 2.14. The fourth-order valence-electron chi connectivity index (χ4n) is 1.72. The van der Waals surface area contributed by atoms with Crippen molar-refractivity contribution in [3.05, 3.63) is 46.7 Å². The number of aliphatic hydroxyl groups excluding tert-OH is 1. The Morgan fingerprint density at radius 1 is 1.47 bits per heavy atom. The second-order valence-electron chi connectivity index (χ2n) is 3.79. The minimum atomic E-state index is -0.576. The van der Waals surface area contributed by atoms with E-state index in [2.05, 4.69) is 32.8 Å². The quantitative estimate of drug-likeness (QED) is 0.942. The lowest BCUT2D eigenvalue weighted by molar-refractivity contribution is 0.174. The Labute approximate surface area is 108 Å². The van der Waals surface area contributed by atoms with Crippen molar-refractivity contribution < 1.29 is 5.11 Å². The first-order valence-electron chi connectivity index (χ1n) is 5.49. The van der Waals surface area contributed by atoms with Crippen molar-refractivity contribution in [3.63, 3.8) is 0 Å². The molecule has 17 heavy (non-hydrogen) atoms. The predicted molar refractivity (Wildman–Crippen MR) is 68.5 cm³/mol. The number of aliphatic hydroxyl groups is 1. The van der Waals surface area contributed by atoms with Crippen LogP contribution in [0, 0.1) is 0 Å². The summed E-state index contributed by atoms with van der Waals surface area (Å²) in [7, 11) is 0. The first-order chi connectivity index (χ1) is 8.20. The zero-order valence-corrected chi connectivity index (χ0v) is 11.1. The normalized spacial score (nSPS) is 12.6. The number of pyridine rings is 1. The van der Waals surface area contributed by atoms with Crippen LogP contribution in [0.15, 0.2) is 35.3 Å². The minimum Gasteiger partial charge on any atom is -0.388 e. The number of aromatic nitrogens is 3. The lowest BCUT2D eigenvalue weighted by atomic mass is 10.1. The molecule has 0 amide bonds. The smallest absolute Gasteiger partial charge is 0.111 e. The summed E-state index contributed by atoms with van der Waals surface area (Å²) in [5.74, 6) is 0.889. The third-order valence-electron chi connectivity index (χ3n) is 2.63. The lowest BCUT2D eigenvalue weighted by Gasteiger charge is -2.11. The molecule has 1 N–H and O–H groups in total. The van der Waals surface area contributed by atoms with Gasteiger partial charge in [0.05, 0.1) is 6.10 Å². The van der Waals surface area contributed by atoms with Gasteiger partial charge in [-0.05, 0) is 28.9 Å². The van der Waals surface area contributed by atoms with Crippen LogP contribution in [0.3, 0.4) is 0 Å². The molecular weight excluding hydrogens is 282 g/mol. The number of hydrogen-bond acceptors (Lipinski definition) is 3. The van der Waals surface area contributed by atoms with E-state index in [1.807, 2.05) is 16.8 Å². The summed E-state index contributed by atoms with van der Waals surface area (Å²) in [5.41, 5.74) is 0.796. The molecule has 0 aliphatic rings. The summed E-state index contributed by atoms with van der Waals surface area (Å²) >= 11 is 3.34. The first-order valence-corrected chi connectivity index (χ1v) is 6.28. The van der Waals surface area contributed by atoms with Crippen molar-refractivity contribution in [1.82, 2.24) is 14.5 Å². The summed E-state index contributed by atoms with van der Waals surface area (Å²) in [5, 5.41) is 10.1. The summed E-state index contributed by atoms with van der Waals surface area (Å²) in [6.07, 6.45) is 6.97. The highest BCUT2D eigenvalue weighted by Crippen LogP contribution is 2.19. The third kappa shape index (κ3) is 2.92. The molecule has 0 fully saturated rings. The van der Waals surface area contributed by atoms with Gasteiger partial charge >= 0.3 is 0 Å². The SMILES string of the molecule is CCn1ccnc1CC(O)c1cncc(Br)c1. The van der Waals surface area contributed by atoms with Crippen molar-refractivity contribution in [2.24, 2.45) is 0 Å². The first kappa shape index (κ1) is 12.3. The fraction of sp³-hybridized carbons (Fsp3) is 0.333. The highest BCUT2D eigenvalue weighted by Gasteiger charge is 2.12. The van der Waals surface area contributed by atoms with Gasteiger partial charge < -0.3 is 9.67 Å². The molecular formula is C12H14BrN3O. The Hall–Kier alpha value is -1.20. The predicted octanol–water partition coefficient (Wildman–Crippen LogP) is 2.34. The van der Waals surface area contributed by atoms with Crippen LogP contribution in [-0.2, 0) is 13.0 Å². The topological polar surface area (TPSA) is 50.9 Å². The summed E-state index contributed by atoms with van der Waals surface area (Å²) in [6.45, 7) is 2.91. The highest BCUT2D eigenvalue weighted by atomic mass is 79.9. The van der Waals surface area contributed by atoms with Crippen molar-refractivity contribution in [2.45, 2.75) is 26.0 Å². The Morgan fingerprint density at radius 2 is 2.29 bits per heavy atom. The van der Waals surface area contributed by atoms with E-state index >= 15 is 0 Å². The molecule has 0 aliphatic carbocycles. The van der Waals surface area contributed by atoms with E-state index < -0.39 is 6.10 Å². The van der Waals surface area contributed by atoms with E-state index in [4.69, 9.17) is 0 Å². The van der Waals surface area contributed by atoms with Gasteiger partial charge in [-0.1, -0.05) is 0 Å². The van der Waals surface area contributed by atoms with Gasteiger partial charge in [-0.15, -0.1) is 0 Å². The molecule has 1 atom stereocenters. The Morgan fingerprint density at radius 3 is 3.00 bits per heavy atom. The van der Waals surface area contributed by atoms with Crippen molar-refractivity contribution in [1.29, 1.82) is 0 Å².